The van der Waals surface area contributed by atoms with Crippen LogP contribution in [0, 0.1) is 5.41 Å². The van der Waals surface area contributed by atoms with Crippen LogP contribution in [-0.4, -0.2) is 16.6 Å². The van der Waals surface area contributed by atoms with Crippen molar-refractivity contribution in [2.24, 2.45) is 5.73 Å². The van der Waals surface area contributed by atoms with Crippen molar-refractivity contribution in [3.05, 3.63) is 16.1 Å². The fourth-order valence-electron chi connectivity index (χ4n) is 1.01. The Morgan fingerprint density at radius 2 is 2.40 bits per heavy atom. The number of hydrogen-bond donors (Lipinski definition) is 2. The molecule has 0 fully saturated rings. The Labute approximate surface area is 99.0 Å². The zero-order chi connectivity index (χ0) is 11.3. The summed E-state index contributed by atoms with van der Waals surface area (Å²) in [5.41, 5.74) is 6.42. The van der Waals surface area contributed by atoms with Crippen molar-refractivity contribution in [2.75, 3.05) is 5.75 Å². The molecule has 0 aliphatic rings. The minimum atomic E-state index is 0.267. The lowest BCUT2D eigenvalue weighted by atomic mass is 10.2. The molecule has 1 aromatic heterocycles. The third-order valence-electron chi connectivity index (χ3n) is 1.83. The van der Waals surface area contributed by atoms with Gasteiger partial charge in [-0.25, -0.2) is 4.98 Å². The molecule has 0 bridgehead atoms. The number of nitrogens with one attached hydrogen (secondary N) is 1. The van der Waals surface area contributed by atoms with E-state index in [-0.39, 0.29) is 5.84 Å². The molecule has 0 aliphatic carbocycles. The maximum Gasteiger partial charge on any atom is 0.0954 e. The van der Waals surface area contributed by atoms with Gasteiger partial charge >= 0.3 is 0 Å². The Kier molecular flexibility index (Phi) is 5.11. The number of thioether (sulfide) groups is 1. The molecule has 1 aromatic rings. The van der Waals surface area contributed by atoms with E-state index < -0.39 is 0 Å². The van der Waals surface area contributed by atoms with Crippen LogP contribution in [0.4, 0.5) is 0 Å². The van der Waals surface area contributed by atoms with Crippen LogP contribution >= 0.6 is 23.1 Å². The molecule has 1 heterocycles. The van der Waals surface area contributed by atoms with E-state index in [1.165, 1.54) is 5.01 Å². The maximum atomic E-state index is 7.09. The first-order valence-electron chi connectivity index (χ1n) is 4.94. The van der Waals surface area contributed by atoms with Gasteiger partial charge in [-0.2, -0.15) is 11.8 Å². The highest BCUT2D eigenvalue weighted by atomic mass is 32.2. The van der Waals surface area contributed by atoms with Crippen LogP contribution < -0.4 is 5.73 Å². The fraction of sp³-hybridized carbons (Fsp3) is 0.600. The van der Waals surface area contributed by atoms with E-state index in [2.05, 4.69) is 24.2 Å². The van der Waals surface area contributed by atoms with Gasteiger partial charge in [0.05, 0.1) is 16.5 Å². The molecule has 0 radical (unpaired) electrons. The van der Waals surface area contributed by atoms with Crippen LogP contribution in [0.15, 0.2) is 5.38 Å². The lowest BCUT2D eigenvalue weighted by Gasteiger charge is -1.98. The summed E-state index contributed by atoms with van der Waals surface area (Å²) >= 11 is 3.51. The van der Waals surface area contributed by atoms with E-state index in [1.807, 2.05) is 0 Å². The molecule has 0 unspecified atom stereocenters. The number of rotatable bonds is 6. The summed E-state index contributed by atoms with van der Waals surface area (Å²) in [5.74, 6) is 2.62. The monoisotopic (exact) mass is 243 g/mol. The molecule has 0 spiro atoms. The Bertz CT molecular complexity index is 320. The zero-order valence-electron chi connectivity index (χ0n) is 9.12. The van der Waals surface area contributed by atoms with Crippen LogP contribution in [-0.2, 0) is 5.75 Å². The first-order valence-corrected chi connectivity index (χ1v) is 6.98. The van der Waals surface area contributed by atoms with Gasteiger partial charge in [0.15, 0.2) is 0 Å². The van der Waals surface area contributed by atoms with E-state index in [0.29, 0.717) is 12.3 Å². The maximum absolute atomic E-state index is 7.09. The summed E-state index contributed by atoms with van der Waals surface area (Å²) in [6.07, 6.45) is 0.672. The molecule has 5 heteroatoms. The molecule has 3 nitrogen and oxygen atoms in total. The van der Waals surface area contributed by atoms with Gasteiger partial charge in [0.25, 0.3) is 0 Å². The Morgan fingerprint density at radius 1 is 1.67 bits per heavy atom. The second-order valence-electron chi connectivity index (χ2n) is 3.66. The first kappa shape index (κ1) is 12.5. The van der Waals surface area contributed by atoms with Crippen molar-refractivity contribution < 1.29 is 0 Å². The Balaban J connectivity index is 2.28. The normalized spacial score (nSPS) is 10.9. The molecule has 0 aliphatic heterocycles. The van der Waals surface area contributed by atoms with E-state index in [0.717, 1.165) is 17.2 Å². The second-order valence-corrected chi connectivity index (χ2v) is 5.65. The summed E-state index contributed by atoms with van der Waals surface area (Å²) in [6.45, 7) is 4.32. The number of hydrogen-bond acceptors (Lipinski definition) is 4. The molecule has 0 atom stereocenters. The van der Waals surface area contributed by atoms with Crippen LogP contribution in [0.25, 0.3) is 0 Å². The van der Waals surface area contributed by atoms with Crippen LogP contribution in [0.1, 0.15) is 36.9 Å². The number of amidine groups is 1. The van der Waals surface area contributed by atoms with Crippen LogP contribution in [0.3, 0.4) is 0 Å². The fourth-order valence-corrected chi connectivity index (χ4v) is 2.82. The van der Waals surface area contributed by atoms with Gasteiger partial charge < -0.3 is 5.73 Å². The molecule has 3 N–H and O–H groups in total. The number of nitrogens with zero attached hydrogens (tertiary/aromatic N) is 1. The molecular formula is C10H17N3S2. The largest absolute Gasteiger partial charge is 0.388 e. The predicted octanol–water partition coefficient (Wildman–Crippen LogP) is 2.83. The lowest BCUT2D eigenvalue weighted by molar-refractivity contribution is 0.846. The number of nitrogens with two attached hydrogens (primary N) is 1. The predicted molar refractivity (Wildman–Crippen MR) is 68.9 cm³/mol. The molecular weight excluding hydrogens is 226 g/mol. The third-order valence-corrected chi connectivity index (χ3v) is 4.02. The summed E-state index contributed by atoms with van der Waals surface area (Å²) in [5, 5.41) is 10.4. The molecule has 1 rings (SSSR count). The molecule has 0 aromatic carbocycles. The summed E-state index contributed by atoms with van der Waals surface area (Å²) in [7, 11) is 0. The van der Waals surface area contributed by atoms with E-state index in [1.54, 1.807) is 23.1 Å². The second kappa shape index (κ2) is 6.12. The third kappa shape index (κ3) is 4.66. The molecule has 84 valence electrons. The van der Waals surface area contributed by atoms with Gasteiger partial charge in [0.2, 0.25) is 0 Å². The van der Waals surface area contributed by atoms with Gasteiger partial charge in [0, 0.05) is 29.2 Å². The first-order chi connectivity index (χ1) is 7.09. The highest BCUT2D eigenvalue weighted by molar-refractivity contribution is 7.98. The topological polar surface area (TPSA) is 62.8 Å². The highest BCUT2D eigenvalue weighted by Gasteiger charge is 2.05. The van der Waals surface area contributed by atoms with Gasteiger partial charge in [-0.05, 0) is 0 Å². The van der Waals surface area contributed by atoms with Crippen molar-refractivity contribution in [1.29, 1.82) is 5.41 Å². The van der Waals surface area contributed by atoms with Crippen molar-refractivity contribution >= 4 is 28.9 Å². The number of thiazole rings is 1. The van der Waals surface area contributed by atoms with E-state index in [9.17, 15) is 0 Å². The van der Waals surface area contributed by atoms with Crippen molar-refractivity contribution in [1.82, 2.24) is 4.98 Å². The summed E-state index contributed by atoms with van der Waals surface area (Å²) in [4.78, 5) is 4.54. The van der Waals surface area contributed by atoms with Crippen LogP contribution in [0.5, 0.6) is 0 Å². The quantitative estimate of drug-likeness (QED) is 0.459. The van der Waals surface area contributed by atoms with Gasteiger partial charge in [-0.1, -0.05) is 13.8 Å². The molecule has 0 amide bonds. The zero-order valence-corrected chi connectivity index (χ0v) is 10.8. The van der Waals surface area contributed by atoms with Crippen LogP contribution in [0.2, 0.25) is 0 Å². The summed E-state index contributed by atoms with van der Waals surface area (Å²) < 4.78 is 0. The van der Waals surface area contributed by atoms with E-state index >= 15 is 0 Å². The van der Waals surface area contributed by atoms with Gasteiger partial charge in [-0.3, -0.25) is 5.41 Å². The smallest absolute Gasteiger partial charge is 0.0954 e. The molecule has 0 saturated heterocycles. The minimum absolute atomic E-state index is 0.267. The van der Waals surface area contributed by atoms with E-state index in [4.69, 9.17) is 11.1 Å². The average Bonchev–Trinajstić information content (AvgIpc) is 2.60. The Hall–Kier alpha value is -0.550. The molecule has 0 saturated carbocycles. The van der Waals surface area contributed by atoms with Gasteiger partial charge in [-0.15, -0.1) is 11.3 Å². The standard InChI is InChI=1S/C10H17N3S2/c1-7(2)10-13-8(6-15-10)5-14-4-3-9(11)12/h6-7H,3-5H2,1-2H3,(H3,11,12). The highest BCUT2D eigenvalue weighted by Crippen LogP contribution is 2.21. The lowest BCUT2D eigenvalue weighted by Crippen LogP contribution is -2.09. The van der Waals surface area contributed by atoms with Crippen molar-refractivity contribution in [3.8, 4) is 0 Å². The Morgan fingerprint density at radius 3 is 2.93 bits per heavy atom. The van der Waals surface area contributed by atoms with Crippen molar-refractivity contribution in [2.45, 2.75) is 31.9 Å². The SMILES string of the molecule is CC(C)c1nc(CSCCC(=N)N)cs1. The summed E-state index contributed by atoms with van der Waals surface area (Å²) in [6, 6.07) is 0. The molecule has 15 heavy (non-hydrogen) atoms. The van der Waals surface area contributed by atoms with Gasteiger partial charge in [0.1, 0.15) is 0 Å². The average molecular weight is 243 g/mol. The van der Waals surface area contributed by atoms with Crippen molar-refractivity contribution in [3.63, 3.8) is 0 Å². The number of aromatic nitrogens is 1. The minimum Gasteiger partial charge on any atom is -0.388 e.